The molecule has 2 rings (SSSR count). The molecule has 2 aromatic rings. The van der Waals surface area contributed by atoms with Crippen LogP contribution in [0.2, 0.25) is 0 Å². The van der Waals surface area contributed by atoms with Crippen LogP contribution in [0.15, 0.2) is 60.2 Å². The number of nitrogens with zero attached hydrogens (tertiary/aromatic N) is 1. The van der Waals surface area contributed by atoms with Crippen molar-refractivity contribution in [3.05, 3.63) is 76.9 Å². The number of nitriles is 1. The first kappa shape index (κ1) is 14.5. The van der Waals surface area contributed by atoms with Gasteiger partial charge in [0.25, 0.3) is 0 Å². The van der Waals surface area contributed by atoms with E-state index in [1.807, 2.05) is 60.7 Å². The first-order valence-corrected chi connectivity index (χ1v) is 6.69. The molecule has 21 heavy (non-hydrogen) atoms. The molecule has 0 saturated heterocycles. The maximum Gasteiger partial charge on any atom is 0.347 e. The third-order valence-electron chi connectivity index (χ3n) is 3.29. The topological polar surface area (TPSA) is 61.1 Å². The monoisotopic (exact) mass is 277 g/mol. The van der Waals surface area contributed by atoms with E-state index < -0.39 is 5.97 Å². The summed E-state index contributed by atoms with van der Waals surface area (Å²) in [6.45, 7) is 2.06. The second-order valence-corrected chi connectivity index (χ2v) is 4.58. The van der Waals surface area contributed by atoms with Crippen LogP contribution in [0.4, 0.5) is 0 Å². The minimum Gasteiger partial charge on any atom is -0.477 e. The minimum atomic E-state index is -1.21. The molecule has 3 heteroatoms. The molecule has 2 aromatic carbocycles. The molecule has 0 unspecified atom stereocenters. The summed E-state index contributed by atoms with van der Waals surface area (Å²) in [5.74, 6) is -1.21. The number of hydrogen-bond acceptors (Lipinski definition) is 2. The van der Waals surface area contributed by atoms with E-state index in [4.69, 9.17) is 0 Å². The number of carboxylic acid groups (broad SMARTS) is 1. The standard InChI is InChI=1S/C18H15NO2/c1-2-13-8-10-15(11-9-13)17(16(12-19)18(20)21)14-6-4-3-5-7-14/h3-11H,2H2,1H3,(H,20,21). The van der Waals surface area contributed by atoms with Gasteiger partial charge in [-0.25, -0.2) is 4.79 Å². The highest BCUT2D eigenvalue weighted by Gasteiger charge is 2.17. The van der Waals surface area contributed by atoms with Gasteiger partial charge in [-0.05, 0) is 23.1 Å². The van der Waals surface area contributed by atoms with Crippen molar-refractivity contribution in [2.24, 2.45) is 0 Å². The lowest BCUT2D eigenvalue weighted by atomic mass is 9.92. The maximum absolute atomic E-state index is 11.4. The predicted molar refractivity (Wildman–Crippen MR) is 81.5 cm³/mol. The lowest BCUT2D eigenvalue weighted by Crippen LogP contribution is -2.04. The number of rotatable bonds is 4. The molecule has 104 valence electrons. The largest absolute Gasteiger partial charge is 0.477 e. The Bertz CT molecular complexity index is 707. The minimum absolute atomic E-state index is 0.245. The molecule has 0 aliphatic carbocycles. The average Bonchev–Trinajstić information content (AvgIpc) is 2.53. The van der Waals surface area contributed by atoms with Gasteiger partial charge < -0.3 is 5.11 Å². The Kier molecular flexibility index (Phi) is 4.53. The fraction of sp³-hybridized carbons (Fsp3) is 0.111. The van der Waals surface area contributed by atoms with E-state index in [2.05, 4.69) is 6.92 Å². The van der Waals surface area contributed by atoms with Gasteiger partial charge in [0, 0.05) is 5.57 Å². The van der Waals surface area contributed by atoms with Gasteiger partial charge in [-0.2, -0.15) is 5.26 Å². The van der Waals surface area contributed by atoms with Crippen molar-refractivity contribution in [2.75, 3.05) is 0 Å². The number of aryl methyl sites for hydroxylation is 1. The molecular formula is C18H15NO2. The highest BCUT2D eigenvalue weighted by Crippen LogP contribution is 2.27. The average molecular weight is 277 g/mol. The van der Waals surface area contributed by atoms with E-state index >= 15 is 0 Å². The van der Waals surface area contributed by atoms with E-state index in [9.17, 15) is 15.2 Å². The Morgan fingerprint density at radius 3 is 2.10 bits per heavy atom. The fourth-order valence-electron chi connectivity index (χ4n) is 2.18. The van der Waals surface area contributed by atoms with Crippen LogP contribution in [0.5, 0.6) is 0 Å². The molecule has 1 N–H and O–H groups in total. The molecule has 0 aliphatic rings. The van der Waals surface area contributed by atoms with Crippen LogP contribution in [-0.2, 0) is 11.2 Å². The summed E-state index contributed by atoms with van der Waals surface area (Å²) in [4.78, 5) is 11.4. The van der Waals surface area contributed by atoms with Gasteiger partial charge in [-0.15, -0.1) is 0 Å². The Balaban J connectivity index is 2.67. The zero-order chi connectivity index (χ0) is 15.2. The molecule has 0 saturated carbocycles. The second-order valence-electron chi connectivity index (χ2n) is 4.58. The number of hydrogen-bond donors (Lipinski definition) is 1. The molecule has 0 bridgehead atoms. The number of benzene rings is 2. The summed E-state index contributed by atoms with van der Waals surface area (Å²) >= 11 is 0. The van der Waals surface area contributed by atoms with Crippen molar-refractivity contribution in [2.45, 2.75) is 13.3 Å². The smallest absolute Gasteiger partial charge is 0.347 e. The summed E-state index contributed by atoms with van der Waals surface area (Å²) in [5.41, 5.74) is 2.83. The van der Waals surface area contributed by atoms with Crippen LogP contribution in [0.25, 0.3) is 5.57 Å². The predicted octanol–water partition coefficient (Wildman–Crippen LogP) is 3.66. The first-order chi connectivity index (χ1) is 10.2. The Morgan fingerprint density at radius 1 is 1.05 bits per heavy atom. The van der Waals surface area contributed by atoms with Gasteiger partial charge in [-0.1, -0.05) is 61.5 Å². The third kappa shape index (κ3) is 3.18. The molecule has 0 aromatic heterocycles. The van der Waals surface area contributed by atoms with Crippen molar-refractivity contribution < 1.29 is 9.90 Å². The lowest BCUT2D eigenvalue weighted by Gasteiger charge is -2.10. The number of aliphatic carboxylic acids is 1. The lowest BCUT2D eigenvalue weighted by molar-refractivity contribution is -0.132. The molecule has 0 atom stereocenters. The first-order valence-electron chi connectivity index (χ1n) is 6.69. The van der Waals surface area contributed by atoms with Crippen molar-refractivity contribution in [3.8, 4) is 6.07 Å². The third-order valence-corrected chi connectivity index (χ3v) is 3.29. The van der Waals surface area contributed by atoms with Crippen molar-refractivity contribution in [1.29, 1.82) is 5.26 Å². The summed E-state index contributed by atoms with van der Waals surface area (Å²) in [5, 5.41) is 18.5. The Morgan fingerprint density at radius 2 is 1.62 bits per heavy atom. The normalized spacial score (nSPS) is 11.4. The van der Waals surface area contributed by atoms with Gasteiger partial charge >= 0.3 is 5.97 Å². The second kappa shape index (κ2) is 6.53. The molecule has 0 amide bonds. The molecule has 0 radical (unpaired) electrons. The van der Waals surface area contributed by atoms with Gasteiger partial charge in [0.05, 0.1) is 0 Å². The van der Waals surface area contributed by atoms with Crippen molar-refractivity contribution in [1.82, 2.24) is 0 Å². The molecule has 0 fully saturated rings. The molecule has 0 aliphatic heterocycles. The summed E-state index contributed by atoms with van der Waals surface area (Å²) in [7, 11) is 0. The van der Waals surface area contributed by atoms with Crippen LogP contribution in [0.3, 0.4) is 0 Å². The van der Waals surface area contributed by atoms with Gasteiger partial charge in [0.2, 0.25) is 0 Å². The van der Waals surface area contributed by atoms with Crippen molar-refractivity contribution >= 4 is 11.5 Å². The van der Waals surface area contributed by atoms with Gasteiger partial charge in [-0.3, -0.25) is 0 Å². The SMILES string of the molecule is CCc1ccc(C(=C(C#N)C(=O)O)c2ccccc2)cc1. The van der Waals surface area contributed by atoms with Gasteiger partial charge in [0.15, 0.2) is 0 Å². The van der Waals surface area contributed by atoms with Crippen LogP contribution >= 0.6 is 0 Å². The number of carboxylic acids is 1. The van der Waals surface area contributed by atoms with Crippen LogP contribution < -0.4 is 0 Å². The zero-order valence-corrected chi connectivity index (χ0v) is 11.7. The van der Waals surface area contributed by atoms with E-state index in [-0.39, 0.29) is 5.57 Å². The van der Waals surface area contributed by atoms with Crippen LogP contribution in [0.1, 0.15) is 23.6 Å². The summed E-state index contributed by atoms with van der Waals surface area (Å²) in [6, 6.07) is 18.6. The number of carbonyl (C=O) groups is 1. The molecule has 0 spiro atoms. The summed E-state index contributed by atoms with van der Waals surface area (Å²) in [6.07, 6.45) is 0.911. The van der Waals surface area contributed by atoms with Crippen LogP contribution in [0, 0.1) is 11.3 Å². The maximum atomic E-state index is 11.4. The van der Waals surface area contributed by atoms with E-state index in [1.165, 1.54) is 5.56 Å². The highest BCUT2D eigenvalue weighted by molar-refractivity contribution is 6.04. The summed E-state index contributed by atoms with van der Waals surface area (Å²) < 4.78 is 0. The van der Waals surface area contributed by atoms with Crippen LogP contribution in [-0.4, -0.2) is 11.1 Å². The van der Waals surface area contributed by atoms with E-state index in [0.717, 1.165) is 17.5 Å². The van der Waals surface area contributed by atoms with E-state index in [1.54, 1.807) is 0 Å². The Hall–Kier alpha value is -2.86. The van der Waals surface area contributed by atoms with Crippen molar-refractivity contribution in [3.63, 3.8) is 0 Å². The molecule has 3 nitrogen and oxygen atoms in total. The zero-order valence-electron chi connectivity index (χ0n) is 11.7. The highest BCUT2D eigenvalue weighted by atomic mass is 16.4. The fourth-order valence-corrected chi connectivity index (χ4v) is 2.18. The molecule has 0 heterocycles. The Labute approximate surface area is 123 Å². The van der Waals surface area contributed by atoms with Gasteiger partial charge in [0.1, 0.15) is 11.6 Å². The van der Waals surface area contributed by atoms with E-state index in [0.29, 0.717) is 5.57 Å². The molecular weight excluding hydrogens is 262 g/mol. The quantitative estimate of drug-likeness (QED) is 0.685.